The number of hydrogen-bond donors (Lipinski definition) is 2. The third-order valence-corrected chi connectivity index (χ3v) is 4.80. The Morgan fingerprint density at radius 3 is 2.19 bits per heavy atom. The normalized spacial score (nSPS) is 14.3. The fourth-order valence-corrected chi connectivity index (χ4v) is 2.66. The van der Waals surface area contributed by atoms with Gasteiger partial charge in [-0.2, -0.15) is 5.26 Å². The Labute approximate surface area is 156 Å². The van der Waals surface area contributed by atoms with Crippen LogP contribution in [0, 0.1) is 24.2 Å². The van der Waals surface area contributed by atoms with E-state index in [0.717, 1.165) is 11.1 Å². The van der Waals surface area contributed by atoms with Crippen molar-refractivity contribution in [1.29, 1.82) is 5.26 Å². The van der Waals surface area contributed by atoms with E-state index in [2.05, 4.69) is 47.9 Å². The number of carbonyl (C=O) groups is 1. The molecule has 0 aliphatic heterocycles. The van der Waals surface area contributed by atoms with Crippen molar-refractivity contribution in [3.8, 4) is 6.07 Å². The maximum Gasteiger partial charge on any atom is 0.235 e. The second-order valence-corrected chi connectivity index (χ2v) is 7.15. The lowest BCUT2D eigenvalue weighted by molar-refractivity contribution is -0.121. The molecule has 0 fully saturated rings. The van der Waals surface area contributed by atoms with Crippen LogP contribution in [0.4, 0.5) is 0 Å². The lowest BCUT2D eigenvalue weighted by atomic mass is 9.90. The van der Waals surface area contributed by atoms with E-state index < -0.39 is 5.54 Å². The molecule has 2 N–H and O–H groups in total. The van der Waals surface area contributed by atoms with Gasteiger partial charge < -0.3 is 5.32 Å². The number of nitrogens with zero attached hydrogens (tertiary/aromatic N) is 1. The van der Waals surface area contributed by atoms with E-state index in [9.17, 15) is 10.1 Å². The Kier molecular flexibility index (Phi) is 6.54. The number of rotatable bonds is 7. The summed E-state index contributed by atoms with van der Waals surface area (Å²) in [5, 5.41) is 15.6. The van der Waals surface area contributed by atoms with Crippen LogP contribution < -0.4 is 10.6 Å². The van der Waals surface area contributed by atoms with Crippen LogP contribution >= 0.6 is 0 Å². The summed E-state index contributed by atoms with van der Waals surface area (Å²) >= 11 is 0. The van der Waals surface area contributed by atoms with Gasteiger partial charge in [0.2, 0.25) is 5.91 Å². The summed E-state index contributed by atoms with van der Waals surface area (Å²) in [6, 6.07) is 20.4. The molecule has 0 unspecified atom stereocenters. The fourth-order valence-electron chi connectivity index (χ4n) is 2.66. The van der Waals surface area contributed by atoms with Crippen LogP contribution in [-0.4, -0.2) is 18.0 Å². The molecule has 0 aliphatic rings. The monoisotopic (exact) mass is 349 g/mol. The molecule has 0 heterocycles. The van der Waals surface area contributed by atoms with Crippen molar-refractivity contribution in [2.45, 2.75) is 39.3 Å². The van der Waals surface area contributed by atoms with Crippen molar-refractivity contribution in [3.63, 3.8) is 0 Å². The first-order chi connectivity index (χ1) is 12.4. The second-order valence-electron chi connectivity index (χ2n) is 7.15. The van der Waals surface area contributed by atoms with Gasteiger partial charge >= 0.3 is 0 Å². The molecule has 1 amide bonds. The molecule has 2 aromatic rings. The lowest BCUT2D eigenvalue weighted by Gasteiger charge is -2.28. The zero-order valence-corrected chi connectivity index (χ0v) is 15.9. The zero-order valence-electron chi connectivity index (χ0n) is 15.9. The Morgan fingerprint density at radius 1 is 1.08 bits per heavy atom. The number of benzene rings is 2. The molecule has 4 nitrogen and oxygen atoms in total. The average molecular weight is 349 g/mol. The van der Waals surface area contributed by atoms with Crippen LogP contribution in [0.25, 0.3) is 0 Å². The molecule has 0 radical (unpaired) electrons. The lowest BCUT2D eigenvalue weighted by Crippen LogP contribution is -2.51. The first-order valence-electron chi connectivity index (χ1n) is 8.93. The fraction of sp³-hybridized carbons (Fsp3) is 0.364. The number of hydrogen-bond acceptors (Lipinski definition) is 3. The highest BCUT2D eigenvalue weighted by Gasteiger charge is 2.30. The SMILES string of the molecule is Cc1ccc([C@@H](NCC(=O)N[C@@](C)(C#N)C(C)C)c2ccccc2)cc1. The Hall–Kier alpha value is -2.64. The Morgan fingerprint density at radius 2 is 1.65 bits per heavy atom. The molecule has 4 heteroatoms. The van der Waals surface area contributed by atoms with Crippen LogP contribution in [0.1, 0.15) is 43.5 Å². The first kappa shape index (κ1) is 19.7. The van der Waals surface area contributed by atoms with Gasteiger partial charge in [0.1, 0.15) is 5.54 Å². The van der Waals surface area contributed by atoms with Crippen molar-refractivity contribution >= 4 is 5.91 Å². The van der Waals surface area contributed by atoms with Gasteiger partial charge in [-0.15, -0.1) is 0 Å². The number of nitrogens with one attached hydrogen (secondary N) is 2. The summed E-state index contributed by atoms with van der Waals surface area (Å²) in [6.45, 7) is 7.80. The predicted octanol–water partition coefficient (Wildman–Crippen LogP) is 3.73. The third-order valence-electron chi connectivity index (χ3n) is 4.80. The van der Waals surface area contributed by atoms with Crippen molar-refractivity contribution in [3.05, 3.63) is 71.3 Å². The van der Waals surface area contributed by atoms with E-state index in [1.807, 2.05) is 44.2 Å². The quantitative estimate of drug-likeness (QED) is 0.800. The minimum Gasteiger partial charge on any atom is -0.337 e. The van der Waals surface area contributed by atoms with E-state index in [0.29, 0.717) is 0 Å². The van der Waals surface area contributed by atoms with Crippen LogP contribution in [-0.2, 0) is 4.79 Å². The molecule has 0 saturated heterocycles. The zero-order chi connectivity index (χ0) is 19.2. The van der Waals surface area contributed by atoms with Gasteiger partial charge in [0.15, 0.2) is 0 Å². The topological polar surface area (TPSA) is 64.9 Å². The van der Waals surface area contributed by atoms with E-state index in [4.69, 9.17) is 0 Å². The van der Waals surface area contributed by atoms with Crippen molar-refractivity contribution in [1.82, 2.24) is 10.6 Å². The molecule has 136 valence electrons. The summed E-state index contributed by atoms with van der Waals surface area (Å²) in [5.41, 5.74) is 2.52. The standard InChI is InChI=1S/C22H27N3O/c1-16(2)22(4,15-23)25-20(26)14-24-21(18-8-6-5-7-9-18)19-12-10-17(3)11-13-19/h5-13,16,21,24H,14H2,1-4H3,(H,25,26)/t21-,22-/m0/s1. The minimum atomic E-state index is -0.870. The van der Waals surface area contributed by atoms with Gasteiger partial charge in [-0.25, -0.2) is 0 Å². The molecule has 2 atom stereocenters. The van der Waals surface area contributed by atoms with E-state index >= 15 is 0 Å². The highest BCUT2D eigenvalue weighted by molar-refractivity contribution is 5.79. The molecular weight excluding hydrogens is 322 g/mol. The average Bonchev–Trinajstić information content (AvgIpc) is 2.64. The molecule has 0 bridgehead atoms. The van der Waals surface area contributed by atoms with Crippen LogP contribution in [0.15, 0.2) is 54.6 Å². The van der Waals surface area contributed by atoms with E-state index in [-0.39, 0.29) is 24.4 Å². The Balaban J connectivity index is 2.14. The minimum absolute atomic E-state index is 0.0264. The molecule has 0 aliphatic carbocycles. The summed E-state index contributed by atoms with van der Waals surface area (Å²) in [6.07, 6.45) is 0. The number of nitriles is 1. The highest BCUT2D eigenvalue weighted by Crippen LogP contribution is 2.22. The van der Waals surface area contributed by atoms with Crippen molar-refractivity contribution in [2.24, 2.45) is 5.92 Å². The van der Waals surface area contributed by atoms with Crippen LogP contribution in [0.5, 0.6) is 0 Å². The highest BCUT2D eigenvalue weighted by atomic mass is 16.2. The Bertz CT molecular complexity index is 762. The molecule has 26 heavy (non-hydrogen) atoms. The number of carbonyl (C=O) groups excluding carboxylic acids is 1. The van der Waals surface area contributed by atoms with Gasteiger partial charge in [0, 0.05) is 0 Å². The van der Waals surface area contributed by atoms with E-state index in [1.54, 1.807) is 6.92 Å². The largest absolute Gasteiger partial charge is 0.337 e. The van der Waals surface area contributed by atoms with Crippen LogP contribution in [0.2, 0.25) is 0 Å². The van der Waals surface area contributed by atoms with Gasteiger partial charge in [-0.1, -0.05) is 74.0 Å². The smallest absolute Gasteiger partial charge is 0.235 e. The molecular formula is C22H27N3O. The number of aryl methyl sites for hydroxylation is 1. The predicted molar refractivity (Wildman–Crippen MR) is 104 cm³/mol. The molecule has 2 aromatic carbocycles. The van der Waals surface area contributed by atoms with Crippen LogP contribution in [0.3, 0.4) is 0 Å². The van der Waals surface area contributed by atoms with E-state index in [1.165, 1.54) is 5.56 Å². The van der Waals surface area contributed by atoms with Gasteiger partial charge in [-0.05, 0) is 30.9 Å². The van der Waals surface area contributed by atoms with Crippen molar-refractivity contribution < 1.29 is 4.79 Å². The molecule has 0 saturated carbocycles. The first-order valence-corrected chi connectivity index (χ1v) is 8.93. The molecule has 0 aromatic heterocycles. The van der Waals surface area contributed by atoms with Gasteiger partial charge in [0.25, 0.3) is 0 Å². The van der Waals surface area contributed by atoms with Crippen molar-refractivity contribution in [2.75, 3.05) is 6.54 Å². The summed E-state index contributed by atoms with van der Waals surface area (Å²) in [7, 11) is 0. The van der Waals surface area contributed by atoms with Gasteiger partial charge in [-0.3, -0.25) is 10.1 Å². The second kappa shape index (κ2) is 8.64. The van der Waals surface area contributed by atoms with Gasteiger partial charge in [0.05, 0.1) is 18.7 Å². The maximum absolute atomic E-state index is 12.4. The summed E-state index contributed by atoms with van der Waals surface area (Å²) in [5.74, 6) is -0.158. The number of amides is 1. The third kappa shape index (κ3) is 4.93. The molecule has 2 rings (SSSR count). The summed E-state index contributed by atoms with van der Waals surface area (Å²) < 4.78 is 0. The molecule has 0 spiro atoms. The summed E-state index contributed by atoms with van der Waals surface area (Å²) in [4.78, 5) is 12.4. The maximum atomic E-state index is 12.4.